The minimum Gasteiger partial charge on any atom is -0.351 e. The first kappa shape index (κ1) is 12.7. The van der Waals surface area contributed by atoms with E-state index >= 15 is 0 Å². The molecule has 3 nitrogen and oxygen atoms in total. The lowest BCUT2D eigenvalue weighted by Crippen LogP contribution is -2.51. The number of nitrogens with two attached hydrogens (primary N) is 1. The van der Waals surface area contributed by atoms with Gasteiger partial charge in [0, 0.05) is 12.1 Å². The summed E-state index contributed by atoms with van der Waals surface area (Å²) in [6, 6.07) is 10.4. The van der Waals surface area contributed by atoms with Crippen LogP contribution in [0.2, 0.25) is 0 Å². The fourth-order valence-electron chi connectivity index (χ4n) is 3.17. The Balaban J connectivity index is 1.70. The Bertz CT molecular complexity index is 453. The average molecular weight is 258 g/mol. The molecule has 2 aliphatic carbocycles. The number of benzene rings is 1. The lowest BCUT2D eigenvalue weighted by Gasteiger charge is -2.31. The van der Waals surface area contributed by atoms with Crippen LogP contribution >= 0.6 is 0 Å². The van der Waals surface area contributed by atoms with E-state index in [4.69, 9.17) is 5.73 Å². The van der Waals surface area contributed by atoms with E-state index in [0.29, 0.717) is 0 Å². The molecule has 0 heterocycles. The molecule has 0 bridgehead atoms. The number of amides is 1. The van der Waals surface area contributed by atoms with Crippen molar-refractivity contribution in [3.63, 3.8) is 0 Å². The monoisotopic (exact) mass is 258 g/mol. The molecule has 2 atom stereocenters. The summed E-state index contributed by atoms with van der Waals surface area (Å²) in [6.45, 7) is 0. The van der Waals surface area contributed by atoms with E-state index in [1.165, 1.54) is 12.8 Å². The molecule has 0 aliphatic heterocycles. The summed E-state index contributed by atoms with van der Waals surface area (Å²) in [4.78, 5) is 12.6. The number of hydrogen-bond acceptors (Lipinski definition) is 2. The molecule has 2 saturated carbocycles. The molecular weight excluding hydrogens is 236 g/mol. The molecule has 2 fully saturated rings. The number of nitrogens with one attached hydrogen (secondary N) is 1. The Morgan fingerprint density at radius 1 is 1.16 bits per heavy atom. The van der Waals surface area contributed by atoms with E-state index in [-0.39, 0.29) is 23.4 Å². The van der Waals surface area contributed by atoms with Crippen molar-refractivity contribution in [2.24, 2.45) is 5.73 Å². The predicted octanol–water partition coefficient (Wildman–Crippen LogP) is 2.10. The Labute approximate surface area is 114 Å². The Kier molecular flexibility index (Phi) is 3.31. The number of carbonyl (C=O) groups excluding carboxylic acids is 1. The van der Waals surface area contributed by atoms with Gasteiger partial charge in [0.05, 0.1) is 5.41 Å². The molecule has 0 unspecified atom stereocenters. The van der Waals surface area contributed by atoms with Gasteiger partial charge in [-0.1, -0.05) is 43.2 Å². The molecule has 2 aliphatic rings. The van der Waals surface area contributed by atoms with Crippen molar-refractivity contribution < 1.29 is 4.79 Å². The summed E-state index contributed by atoms with van der Waals surface area (Å²) >= 11 is 0. The Morgan fingerprint density at radius 3 is 2.47 bits per heavy atom. The van der Waals surface area contributed by atoms with Gasteiger partial charge in [0.15, 0.2) is 0 Å². The van der Waals surface area contributed by atoms with Crippen LogP contribution in [0.4, 0.5) is 0 Å². The van der Waals surface area contributed by atoms with Crippen molar-refractivity contribution >= 4 is 5.91 Å². The van der Waals surface area contributed by atoms with Crippen molar-refractivity contribution in [2.75, 3.05) is 0 Å². The maximum atomic E-state index is 12.6. The molecule has 0 spiro atoms. The van der Waals surface area contributed by atoms with Crippen LogP contribution in [-0.4, -0.2) is 18.0 Å². The van der Waals surface area contributed by atoms with Gasteiger partial charge in [-0.05, 0) is 31.2 Å². The molecule has 102 valence electrons. The molecule has 3 rings (SSSR count). The molecule has 3 heteroatoms. The van der Waals surface area contributed by atoms with Crippen LogP contribution in [0.25, 0.3) is 0 Å². The van der Waals surface area contributed by atoms with Crippen LogP contribution in [0.15, 0.2) is 30.3 Å². The zero-order valence-electron chi connectivity index (χ0n) is 11.3. The average Bonchev–Trinajstić information content (AvgIpc) is 3.24. The largest absolute Gasteiger partial charge is 0.351 e. The van der Waals surface area contributed by atoms with Crippen molar-refractivity contribution in [2.45, 2.75) is 56.0 Å². The van der Waals surface area contributed by atoms with Gasteiger partial charge in [-0.25, -0.2) is 0 Å². The van der Waals surface area contributed by atoms with Gasteiger partial charge >= 0.3 is 0 Å². The van der Waals surface area contributed by atoms with E-state index < -0.39 is 0 Å². The summed E-state index contributed by atoms with van der Waals surface area (Å²) in [7, 11) is 0. The minimum absolute atomic E-state index is 0.129. The SMILES string of the molecule is N[C@@H]1CCCC[C@H]1NC(=O)C1(c2ccccc2)CC1. The lowest BCUT2D eigenvalue weighted by molar-refractivity contribution is -0.124. The molecular formula is C16H22N2O. The van der Waals surface area contributed by atoms with Crippen LogP contribution in [0.1, 0.15) is 44.1 Å². The lowest BCUT2D eigenvalue weighted by atomic mass is 9.89. The first-order valence-electron chi connectivity index (χ1n) is 7.34. The van der Waals surface area contributed by atoms with Crippen LogP contribution in [0, 0.1) is 0 Å². The third kappa shape index (κ3) is 2.39. The van der Waals surface area contributed by atoms with Crippen LogP contribution in [0.5, 0.6) is 0 Å². The second-order valence-electron chi connectivity index (χ2n) is 5.98. The van der Waals surface area contributed by atoms with Gasteiger partial charge in [-0.3, -0.25) is 4.79 Å². The standard InChI is InChI=1S/C16H22N2O/c17-13-8-4-5-9-14(13)18-15(19)16(10-11-16)12-6-2-1-3-7-12/h1-3,6-7,13-14H,4-5,8-11,17H2,(H,18,19)/t13-,14-/m1/s1. The molecule has 0 radical (unpaired) electrons. The molecule has 1 aromatic rings. The third-order valence-corrected chi connectivity index (χ3v) is 4.65. The van der Waals surface area contributed by atoms with E-state index in [0.717, 1.165) is 31.2 Å². The summed E-state index contributed by atoms with van der Waals surface area (Å²) < 4.78 is 0. The minimum atomic E-state index is -0.265. The summed E-state index contributed by atoms with van der Waals surface area (Å²) in [5.41, 5.74) is 7.00. The maximum absolute atomic E-state index is 12.6. The molecule has 3 N–H and O–H groups in total. The Morgan fingerprint density at radius 2 is 1.84 bits per heavy atom. The molecule has 0 aromatic heterocycles. The van der Waals surface area contributed by atoms with Crippen molar-refractivity contribution in [3.05, 3.63) is 35.9 Å². The smallest absolute Gasteiger partial charge is 0.230 e. The predicted molar refractivity (Wildman–Crippen MR) is 75.7 cm³/mol. The second-order valence-corrected chi connectivity index (χ2v) is 5.98. The van der Waals surface area contributed by atoms with Crippen LogP contribution < -0.4 is 11.1 Å². The maximum Gasteiger partial charge on any atom is 0.230 e. The quantitative estimate of drug-likeness (QED) is 0.872. The van der Waals surface area contributed by atoms with Crippen LogP contribution in [0.3, 0.4) is 0 Å². The number of rotatable bonds is 3. The Hall–Kier alpha value is -1.35. The first-order valence-corrected chi connectivity index (χ1v) is 7.34. The second kappa shape index (κ2) is 4.97. The van der Waals surface area contributed by atoms with E-state index in [1.54, 1.807) is 0 Å². The van der Waals surface area contributed by atoms with E-state index in [1.807, 2.05) is 18.2 Å². The van der Waals surface area contributed by atoms with Gasteiger partial charge < -0.3 is 11.1 Å². The summed E-state index contributed by atoms with van der Waals surface area (Å²) in [6.07, 6.45) is 6.35. The zero-order chi connectivity index (χ0) is 13.3. The number of carbonyl (C=O) groups is 1. The normalized spacial score (nSPS) is 28.7. The number of hydrogen-bond donors (Lipinski definition) is 2. The van der Waals surface area contributed by atoms with Crippen molar-refractivity contribution in [3.8, 4) is 0 Å². The fraction of sp³-hybridized carbons (Fsp3) is 0.562. The highest BCUT2D eigenvalue weighted by Gasteiger charge is 2.51. The van der Waals surface area contributed by atoms with E-state index in [2.05, 4.69) is 17.4 Å². The molecule has 19 heavy (non-hydrogen) atoms. The summed E-state index contributed by atoms with van der Waals surface area (Å²) in [5, 5.41) is 3.21. The topological polar surface area (TPSA) is 55.1 Å². The van der Waals surface area contributed by atoms with Gasteiger partial charge in [0.25, 0.3) is 0 Å². The highest BCUT2D eigenvalue weighted by atomic mass is 16.2. The van der Waals surface area contributed by atoms with Gasteiger partial charge in [0.1, 0.15) is 0 Å². The first-order chi connectivity index (χ1) is 9.22. The fourth-order valence-corrected chi connectivity index (χ4v) is 3.17. The molecule has 0 saturated heterocycles. The van der Waals surface area contributed by atoms with Crippen molar-refractivity contribution in [1.82, 2.24) is 5.32 Å². The zero-order valence-corrected chi connectivity index (χ0v) is 11.3. The summed E-state index contributed by atoms with van der Waals surface area (Å²) in [5.74, 6) is 0.182. The highest BCUT2D eigenvalue weighted by molar-refractivity contribution is 5.91. The van der Waals surface area contributed by atoms with E-state index in [9.17, 15) is 4.79 Å². The van der Waals surface area contributed by atoms with Gasteiger partial charge in [0.2, 0.25) is 5.91 Å². The van der Waals surface area contributed by atoms with Crippen LogP contribution in [-0.2, 0) is 10.2 Å². The van der Waals surface area contributed by atoms with Crippen molar-refractivity contribution in [1.29, 1.82) is 0 Å². The van der Waals surface area contributed by atoms with Gasteiger partial charge in [-0.2, -0.15) is 0 Å². The molecule has 1 amide bonds. The molecule has 1 aromatic carbocycles. The highest BCUT2D eigenvalue weighted by Crippen LogP contribution is 2.48. The third-order valence-electron chi connectivity index (χ3n) is 4.65. The van der Waals surface area contributed by atoms with Gasteiger partial charge in [-0.15, -0.1) is 0 Å².